The third-order valence-corrected chi connectivity index (χ3v) is 5.00. The number of piperazine rings is 1. The van der Waals surface area contributed by atoms with Crippen molar-refractivity contribution in [1.29, 1.82) is 0 Å². The molecule has 5 heteroatoms. The lowest BCUT2D eigenvalue weighted by Gasteiger charge is -2.37. The third-order valence-electron chi connectivity index (χ3n) is 5.00. The van der Waals surface area contributed by atoms with Crippen molar-refractivity contribution < 1.29 is 4.79 Å². The highest BCUT2D eigenvalue weighted by Gasteiger charge is 2.35. The number of pyridine rings is 1. The van der Waals surface area contributed by atoms with Gasteiger partial charge in [0.2, 0.25) is 5.91 Å². The topological polar surface area (TPSA) is 56.4 Å². The Balaban J connectivity index is 1.69. The minimum atomic E-state index is -0.126. The molecule has 120 valence electrons. The van der Waals surface area contributed by atoms with E-state index in [4.69, 9.17) is 0 Å². The fourth-order valence-corrected chi connectivity index (χ4v) is 3.89. The maximum absolute atomic E-state index is 12.6. The van der Waals surface area contributed by atoms with Gasteiger partial charge >= 0.3 is 0 Å². The van der Waals surface area contributed by atoms with Crippen molar-refractivity contribution >= 4 is 5.91 Å². The predicted molar refractivity (Wildman–Crippen MR) is 86.0 cm³/mol. The van der Waals surface area contributed by atoms with Gasteiger partial charge in [-0.25, -0.2) is 0 Å². The van der Waals surface area contributed by atoms with E-state index in [9.17, 15) is 9.59 Å². The van der Waals surface area contributed by atoms with Crippen molar-refractivity contribution in [2.75, 3.05) is 26.2 Å². The zero-order valence-electron chi connectivity index (χ0n) is 13.7. The first-order valence-corrected chi connectivity index (χ1v) is 8.15. The quantitative estimate of drug-likeness (QED) is 0.890. The highest BCUT2D eigenvalue weighted by molar-refractivity contribution is 5.79. The van der Waals surface area contributed by atoms with Crippen LogP contribution < -0.4 is 5.56 Å². The van der Waals surface area contributed by atoms with Gasteiger partial charge in [0.05, 0.1) is 6.42 Å². The van der Waals surface area contributed by atoms with Gasteiger partial charge in [0.25, 0.3) is 5.56 Å². The van der Waals surface area contributed by atoms with Gasteiger partial charge in [-0.05, 0) is 37.8 Å². The van der Waals surface area contributed by atoms with E-state index >= 15 is 0 Å². The van der Waals surface area contributed by atoms with Gasteiger partial charge in [0.15, 0.2) is 0 Å². The molecule has 3 heterocycles. The summed E-state index contributed by atoms with van der Waals surface area (Å²) in [5.74, 6) is 0.805. The first kappa shape index (κ1) is 15.3. The molecule has 1 N–H and O–H groups in total. The van der Waals surface area contributed by atoms with Gasteiger partial charge < -0.3 is 9.88 Å². The summed E-state index contributed by atoms with van der Waals surface area (Å²) < 4.78 is 0. The van der Waals surface area contributed by atoms with Crippen molar-refractivity contribution in [2.45, 2.75) is 39.7 Å². The summed E-state index contributed by atoms with van der Waals surface area (Å²) in [6.07, 6.45) is 1.39. The number of nitrogens with one attached hydrogen (secondary N) is 1. The Morgan fingerprint density at radius 1 is 1.32 bits per heavy atom. The molecule has 0 saturated carbocycles. The molecule has 2 saturated heterocycles. The molecule has 22 heavy (non-hydrogen) atoms. The van der Waals surface area contributed by atoms with Gasteiger partial charge in [-0.1, -0.05) is 6.92 Å². The molecule has 1 aromatic rings. The van der Waals surface area contributed by atoms with Crippen molar-refractivity contribution in [3.8, 4) is 0 Å². The lowest BCUT2D eigenvalue weighted by Crippen LogP contribution is -2.52. The fourth-order valence-electron chi connectivity index (χ4n) is 3.89. The number of fused-ring (bicyclic) bond motifs is 1. The minimum Gasteiger partial charge on any atom is -0.340 e. The van der Waals surface area contributed by atoms with Crippen LogP contribution in [-0.2, 0) is 11.2 Å². The summed E-state index contributed by atoms with van der Waals surface area (Å²) in [7, 11) is 0. The van der Waals surface area contributed by atoms with Crippen LogP contribution in [0.25, 0.3) is 0 Å². The number of carbonyl (C=O) groups excluding carboxylic acids is 1. The second-order valence-electron chi connectivity index (χ2n) is 6.95. The zero-order chi connectivity index (χ0) is 15.9. The summed E-state index contributed by atoms with van der Waals surface area (Å²) in [4.78, 5) is 31.9. The van der Waals surface area contributed by atoms with Gasteiger partial charge in [-0.3, -0.25) is 14.5 Å². The number of rotatable bonds is 2. The standard InChI is InChI=1S/C17H25N3O2/c1-11-6-14-10-20(5-4-19(14)9-11)16(21)8-15-12(2)7-13(3)18-17(15)22/h7,11,14H,4-6,8-10H2,1-3H3,(H,18,22). The molecule has 0 radical (unpaired) electrons. The number of aryl methyl sites for hydroxylation is 2. The van der Waals surface area contributed by atoms with Gasteiger partial charge in [-0.2, -0.15) is 0 Å². The van der Waals surface area contributed by atoms with E-state index in [1.165, 1.54) is 6.42 Å². The second kappa shape index (κ2) is 5.88. The van der Waals surface area contributed by atoms with Crippen LogP contribution in [0.1, 0.15) is 30.2 Å². The first-order valence-electron chi connectivity index (χ1n) is 8.15. The van der Waals surface area contributed by atoms with E-state index in [-0.39, 0.29) is 17.9 Å². The Labute approximate surface area is 131 Å². The predicted octanol–water partition coefficient (Wildman–Crippen LogP) is 1.09. The van der Waals surface area contributed by atoms with Crippen LogP contribution >= 0.6 is 0 Å². The van der Waals surface area contributed by atoms with Crippen molar-refractivity contribution in [2.24, 2.45) is 5.92 Å². The van der Waals surface area contributed by atoms with Crippen molar-refractivity contribution in [3.05, 3.63) is 33.2 Å². The molecule has 0 spiro atoms. The molecule has 1 amide bonds. The molecular formula is C17H25N3O2. The first-order chi connectivity index (χ1) is 10.4. The number of H-pyrrole nitrogens is 1. The summed E-state index contributed by atoms with van der Waals surface area (Å²) in [6.45, 7) is 9.76. The summed E-state index contributed by atoms with van der Waals surface area (Å²) in [5, 5.41) is 0. The van der Waals surface area contributed by atoms with E-state index in [1.807, 2.05) is 24.8 Å². The highest BCUT2D eigenvalue weighted by atomic mass is 16.2. The molecule has 2 aliphatic heterocycles. The fraction of sp³-hybridized carbons (Fsp3) is 0.647. The molecule has 2 atom stereocenters. The number of amides is 1. The largest absolute Gasteiger partial charge is 0.340 e. The number of aromatic amines is 1. The van der Waals surface area contributed by atoms with E-state index < -0.39 is 0 Å². The summed E-state index contributed by atoms with van der Waals surface area (Å²) in [5.41, 5.74) is 2.23. The molecule has 2 fully saturated rings. The Morgan fingerprint density at radius 3 is 2.82 bits per heavy atom. The van der Waals surface area contributed by atoms with Crippen LogP contribution in [0.4, 0.5) is 0 Å². The van der Waals surface area contributed by atoms with Gasteiger partial charge in [-0.15, -0.1) is 0 Å². The maximum Gasteiger partial charge on any atom is 0.252 e. The number of hydrogen-bond donors (Lipinski definition) is 1. The van der Waals surface area contributed by atoms with Gasteiger partial charge in [0.1, 0.15) is 0 Å². The van der Waals surface area contributed by atoms with Crippen LogP contribution in [0.2, 0.25) is 0 Å². The minimum absolute atomic E-state index is 0.0802. The van der Waals surface area contributed by atoms with Gasteiger partial charge in [0, 0.05) is 43.5 Å². The number of aromatic nitrogens is 1. The van der Waals surface area contributed by atoms with Crippen LogP contribution in [0.15, 0.2) is 10.9 Å². The molecule has 0 aromatic carbocycles. The number of nitrogens with zero attached hydrogens (tertiary/aromatic N) is 2. The lowest BCUT2D eigenvalue weighted by molar-refractivity contribution is -0.133. The lowest BCUT2D eigenvalue weighted by atomic mass is 10.0. The molecule has 0 aliphatic carbocycles. The van der Waals surface area contributed by atoms with E-state index in [0.29, 0.717) is 11.6 Å². The Kier molecular flexibility index (Phi) is 4.08. The SMILES string of the molecule is Cc1cc(C)c(CC(=O)N2CCN3CC(C)CC3C2)c(=O)[nH]1. The van der Waals surface area contributed by atoms with E-state index in [1.54, 1.807) is 0 Å². The molecular weight excluding hydrogens is 278 g/mol. The van der Waals surface area contributed by atoms with Crippen molar-refractivity contribution in [1.82, 2.24) is 14.8 Å². The van der Waals surface area contributed by atoms with Crippen molar-refractivity contribution in [3.63, 3.8) is 0 Å². The Bertz CT molecular complexity index is 637. The van der Waals surface area contributed by atoms with Crippen LogP contribution in [0.5, 0.6) is 0 Å². The Hall–Kier alpha value is -1.62. The number of carbonyl (C=O) groups is 1. The monoisotopic (exact) mass is 303 g/mol. The highest BCUT2D eigenvalue weighted by Crippen LogP contribution is 2.26. The second-order valence-corrected chi connectivity index (χ2v) is 6.95. The Morgan fingerprint density at radius 2 is 2.09 bits per heavy atom. The number of hydrogen-bond acceptors (Lipinski definition) is 3. The van der Waals surface area contributed by atoms with Crippen LogP contribution in [0, 0.1) is 19.8 Å². The molecule has 3 rings (SSSR count). The average molecular weight is 303 g/mol. The van der Waals surface area contributed by atoms with Crippen LogP contribution in [-0.4, -0.2) is 52.9 Å². The molecule has 2 aliphatic rings. The maximum atomic E-state index is 12.6. The zero-order valence-corrected chi connectivity index (χ0v) is 13.7. The molecule has 5 nitrogen and oxygen atoms in total. The normalized spacial score (nSPS) is 25.3. The molecule has 0 bridgehead atoms. The average Bonchev–Trinajstić information content (AvgIpc) is 2.81. The summed E-state index contributed by atoms with van der Waals surface area (Å²) in [6, 6.07) is 2.44. The third kappa shape index (κ3) is 2.95. The van der Waals surface area contributed by atoms with E-state index in [0.717, 1.165) is 43.4 Å². The smallest absolute Gasteiger partial charge is 0.252 e. The van der Waals surface area contributed by atoms with Crippen LogP contribution in [0.3, 0.4) is 0 Å². The summed E-state index contributed by atoms with van der Waals surface area (Å²) >= 11 is 0. The van der Waals surface area contributed by atoms with E-state index in [2.05, 4.69) is 16.8 Å². The molecule has 1 aromatic heterocycles. The molecule has 2 unspecified atom stereocenters.